The molecule has 0 bridgehead atoms. The average Bonchev–Trinajstić information content (AvgIpc) is 2.51. The fourth-order valence-corrected chi connectivity index (χ4v) is 1.33. The third-order valence-corrected chi connectivity index (χ3v) is 1.87. The highest BCUT2D eigenvalue weighted by atomic mass is 15.0. The smallest absolute Gasteiger partial charge is 0.108 e. The Kier molecular flexibility index (Phi) is 1.75. The second-order valence-electron chi connectivity index (χ2n) is 2.80. The summed E-state index contributed by atoms with van der Waals surface area (Å²) in [6.07, 6.45) is 5.28. The zero-order valence-corrected chi connectivity index (χ0v) is 7.57. The van der Waals surface area contributed by atoms with Gasteiger partial charge in [0.15, 0.2) is 0 Å². The first-order chi connectivity index (χ1) is 6.33. The summed E-state index contributed by atoms with van der Waals surface area (Å²) in [6.45, 7) is 3.81. The second kappa shape index (κ2) is 2.91. The topological polar surface area (TPSA) is 30.7 Å². The fraction of sp³-hybridized carbons (Fsp3) is 0.200. The molecule has 2 heterocycles. The van der Waals surface area contributed by atoms with Gasteiger partial charge in [-0.25, -0.2) is 4.98 Å². The lowest BCUT2D eigenvalue weighted by Crippen LogP contribution is -1.88. The molecule has 0 amide bonds. The van der Waals surface area contributed by atoms with E-state index in [1.54, 1.807) is 12.5 Å². The number of aromatic nitrogens is 3. The molecule has 0 atom stereocenters. The van der Waals surface area contributed by atoms with Gasteiger partial charge in [0.2, 0.25) is 0 Å². The van der Waals surface area contributed by atoms with Gasteiger partial charge in [-0.1, -0.05) is 5.92 Å². The molecule has 0 saturated carbocycles. The Labute approximate surface area is 76.4 Å². The highest BCUT2D eigenvalue weighted by Crippen LogP contribution is 2.13. The predicted molar refractivity (Wildman–Crippen MR) is 51.1 cm³/mol. The van der Waals surface area contributed by atoms with Crippen molar-refractivity contribution in [1.29, 1.82) is 0 Å². The standard InChI is InChI=1S/C10H9N3/c1-3-4-13-7-12-9-6-11-5-8(2)10(9)13/h5-7H,1-2H3. The average molecular weight is 171 g/mol. The number of pyridine rings is 1. The van der Waals surface area contributed by atoms with Crippen LogP contribution in [0.2, 0.25) is 0 Å². The molecule has 3 heteroatoms. The van der Waals surface area contributed by atoms with Gasteiger partial charge in [0.1, 0.15) is 11.8 Å². The van der Waals surface area contributed by atoms with Crippen molar-refractivity contribution >= 4 is 11.0 Å². The monoisotopic (exact) mass is 171 g/mol. The Balaban J connectivity index is 2.83. The van der Waals surface area contributed by atoms with Crippen LogP contribution in [0.3, 0.4) is 0 Å². The van der Waals surface area contributed by atoms with Crippen molar-refractivity contribution in [2.75, 3.05) is 0 Å². The highest BCUT2D eigenvalue weighted by Gasteiger charge is 2.02. The number of rotatable bonds is 0. The molecule has 0 spiro atoms. The van der Waals surface area contributed by atoms with E-state index in [1.165, 1.54) is 0 Å². The SMILES string of the molecule is CC#Cn1cnc2cncc(C)c21. The molecule has 64 valence electrons. The quantitative estimate of drug-likeness (QED) is 0.563. The zero-order valence-electron chi connectivity index (χ0n) is 7.57. The third kappa shape index (κ3) is 1.17. The van der Waals surface area contributed by atoms with Crippen molar-refractivity contribution < 1.29 is 0 Å². The van der Waals surface area contributed by atoms with Crippen LogP contribution in [-0.2, 0) is 0 Å². The Morgan fingerprint density at radius 2 is 2.23 bits per heavy atom. The molecule has 3 nitrogen and oxygen atoms in total. The first kappa shape index (κ1) is 7.81. The lowest BCUT2D eigenvalue weighted by atomic mass is 10.3. The van der Waals surface area contributed by atoms with Crippen LogP contribution in [0, 0.1) is 18.9 Å². The van der Waals surface area contributed by atoms with Crippen molar-refractivity contribution in [2.24, 2.45) is 0 Å². The normalized spacial score (nSPS) is 9.69. The van der Waals surface area contributed by atoms with E-state index in [4.69, 9.17) is 0 Å². The van der Waals surface area contributed by atoms with Gasteiger partial charge in [-0.05, 0) is 19.4 Å². The first-order valence-electron chi connectivity index (χ1n) is 4.03. The van der Waals surface area contributed by atoms with E-state index in [-0.39, 0.29) is 0 Å². The van der Waals surface area contributed by atoms with E-state index in [2.05, 4.69) is 21.9 Å². The van der Waals surface area contributed by atoms with Gasteiger partial charge in [-0.2, -0.15) is 0 Å². The summed E-state index contributed by atoms with van der Waals surface area (Å²) in [6, 6.07) is 2.95. The minimum absolute atomic E-state index is 0.891. The molecule has 0 aliphatic rings. The molecule has 0 saturated heterocycles. The van der Waals surface area contributed by atoms with Gasteiger partial charge >= 0.3 is 0 Å². The Morgan fingerprint density at radius 3 is 3.00 bits per heavy atom. The number of fused-ring (bicyclic) bond motifs is 1. The lowest BCUT2D eigenvalue weighted by Gasteiger charge is -1.95. The highest BCUT2D eigenvalue weighted by molar-refractivity contribution is 5.78. The molecule has 2 aromatic heterocycles. The molecule has 0 N–H and O–H groups in total. The van der Waals surface area contributed by atoms with Crippen LogP contribution in [-0.4, -0.2) is 14.5 Å². The molecule has 0 radical (unpaired) electrons. The zero-order chi connectivity index (χ0) is 9.26. The van der Waals surface area contributed by atoms with Crippen molar-refractivity contribution in [3.8, 4) is 12.0 Å². The number of hydrogen-bond donors (Lipinski definition) is 0. The van der Waals surface area contributed by atoms with E-state index in [9.17, 15) is 0 Å². The van der Waals surface area contributed by atoms with Crippen LogP contribution >= 0.6 is 0 Å². The van der Waals surface area contributed by atoms with Crippen LogP contribution in [0.25, 0.3) is 11.0 Å². The Bertz CT molecular complexity index is 500. The summed E-state index contributed by atoms with van der Waals surface area (Å²) >= 11 is 0. The Morgan fingerprint density at radius 1 is 1.38 bits per heavy atom. The largest absolute Gasteiger partial charge is 0.262 e. The molecular formula is C10H9N3. The summed E-state index contributed by atoms with van der Waals surface area (Å²) in [5, 5.41) is 0. The fourth-order valence-electron chi connectivity index (χ4n) is 1.33. The number of nitrogens with zero attached hydrogens (tertiary/aromatic N) is 3. The van der Waals surface area contributed by atoms with Gasteiger partial charge in [-0.3, -0.25) is 9.55 Å². The predicted octanol–water partition coefficient (Wildman–Crippen LogP) is 1.57. The summed E-state index contributed by atoms with van der Waals surface area (Å²) in [5.74, 6) is 2.84. The van der Waals surface area contributed by atoms with Crippen LogP contribution in [0.1, 0.15) is 12.5 Å². The maximum atomic E-state index is 4.20. The molecule has 0 aliphatic carbocycles. The van der Waals surface area contributed by atoms with Crippen molar-refractivity contribution in [1.82, 2.24) is 14.5 Å². The molecule has 13 heavy (non-hydrogen) atoms. The number of imidazole rings is 1. The van der Waals surface area contributed by atoms with Gasteiger partial charge in [0.05, 0.1) is 11.7 Å². The minimum Gasteiger partial charge on any atom is -0.262 e. The summed E-state index contributed by atoms with van der Waals surface area (Å²) in [7, 11) is 0. The second-order valence-corrected chi connectivity index (χ2v) is 2.80. The molecular weight excluding hydrogens is 162 g/mol. The maximum Gasteiger partial charge on any atom is 0.108 e. The van der Waals surface area contributed by atoms with Crippen LogP contribution in [0.5, 0.6) is 0 Å². The Hall–Kier alpha value is -1.82. The third-order valence-electron chi connectivity index (χ3n) is 1.87. The van der Waals surface area contributed by atoms with Crippen molar-refractivity contribution in [3.63, 3.8) is 0 Å². The van der Waals surface area contributed by atoms with E-state index < -0.39 is 0 Å². The van der Waals surface area contributed by atoms with E-state index in [1.807, 2.05) is 24.6 Å². The molecule has 0 aliphatic heterocycles. The number of hydrogen-bond acceptors (Lipinski definition) is 2. The van der Waals surface area contributed by atoms with Crippen LogP contribution in [0.4, 0.5) is 0 Å². The molecule has 0 fully saturated rings. The van der Waals surface area contributed by atoms with E-state index >= 15 is 0 Å². The maximum absolute atomic E-state index is 4.20. The molecule has 0 aromatic carbocycles. The number of aryl methyl sites for hydroxylation is 1. The van der Waals surface area contributed by atoms with Crippen LogP contribution < -0.4 is 0 Å². The van der Waals surface area contributed by atoms with Crippen molar-refractivity contribution in [3.05, 3.63) is 24.3 Å². The van der Waals surface area contributed by atoms with Crippen LogP contribution in [0.15, 0.2) is 18.7 Å². The summed E-state index contributed by atoms with van der Waals surface area (Å²) in [5.41, 5.74) is 3.03. The lowest BCUT2D eigenvalue weighted by molar-refractivity contribution is 1.14. The van der Waals surface area contributed by atoms with Gasteiger partial charge < -0.3 is 0 Å². The van der Waals surface area contributed by atoms with Gasteiger partial charge in [0.25, 0.3) is 0 Å². The molecule has 2 rings (SSSR count). The van der Waals surface area contributed by atoms with Gasteiger partial charge in [0, 0.05) is 12.2 Å². The molecule has 0 unspecified atom stereocenters. The summed E-state index contributed by atoms with van der Waals surface area (Å²) < 4.78 is 1.83. The van der Waals surface area contributed by atoms with E-state index in [0.29, 0.717) is 0 Å². The first-order valence-corrected chi connectivity index (χ1v) is 4.03. The summed E-state index contributed by atoms with van der Waals surface area (Å²) in [4.78, 5) is 8.26. The van der Waals surface area contributed by atoms with E-state index in [0.717, 1.165) is 16.6 Å². The molecule has 2 aromatic rings. The van der Waals surface area contributed by atoms with Gasteiger partial charge in [-0.15, -0.1) is 0 Å². The van der Waals surface area contributed by atoms with Crippen molar-refractivity contribution in [2.45, 2.75) is 13.8 Å². The minimum atomic E-state index is 0.891.